The van der Waals surface area contributed by atoms with E-state index >= 15 is 0 Å². The topological polar surface area (TPSA) is 54.6 Å². The van der Waals surface area contributed by atoms with Gasteiger partial charge in [0.1, 0.15) is 12.4 Å². The monoisotopic (exact) mass is 266 g/mol. The number of rotatable bonds is 5. The fraction of sp³-hybridized carbons (Fsp3) is 0.125. The molecule has 0 amide bonds. The predicted molar refractivity (Wildman–Crippen MR) is 76.5 cm³/mol. The van der Waals surface area contributed by atoms with E-state index in [4.69, 9.17) is 14.8 Å². The van der Waals surface area contributed by atoms with Gasteiger partial charge in [-0.1, -0.05) is 29.4 Å². The molecule has 0 aromatic heterocycles. The maximum absolute atomic E-state index is 8.69. The lowest BCUT2D eigenvalue weighted by Crippen LogP contribution is -1.90. The van der Waals surface area contributed by atoms with Crippen molar-refractivity contribution in [2.45, 2.75) is 6.61 Å². The van der Waals surface area contributed by atoms with Gasteiger partial charge < -0.3 is 9.57 Å². The number of hydrogen-bond acceptors (Lipinski definition) is 4. The molecule has 0 spiro atoms. The fourth-order valence-electron chi connectivity index (χ4n) is 1.62. The van der Waals surface area contributed by atoms with Gasteiger partial charge in [0.15, 0.2) is 0 Å². The summed E-state index contributed by atoms with van der Waals surface area (Å²) in [6.45, 7) is 0.379. The van der Waals surface area contributed by atoms with Gasteiger partial charge in [-0.25, -0.2) is 0 Å². The van der Waals surface area contributed by atoms with Crippen LogP contribution in [0.3, 0.4) is 0 Å². The van der Waals surface area contributed by atoms with Crippen molar-refractivity contribution in [1.82, 2.24) is 0 Å². The minimum atomic E-state index is 0.379. The van der Waals surface area contributed by atoms with E-state index in [0.29, 0.717) is 12.2 Å². The van der Waals surface area contributed by atoms with E-state index in [0.717, 1.165) is 16.9 Å². The smallest absolute Gasteiger partial charge is 0.142 e. The molecule has 4 heteroatoms. The lowest BCUT2D eigenvalue weighted by atomic mass is 10.2. The van der Waals surface area contributed by atoms with Crippen LogP contribution in [0.1, 0.15) is 16.7 Å². The molecule has 0 aliphatic carbocycles. The zero-order valence-electron chi connectivity index (χ0n) is 11.1. The summed E-state index contributed by atoms with van der Waals surface area (Å²) in [4.78, 5) is 5.23. The minimum absolute atomic E-state index is 0.379. The Morgan fingerprint density at radius 1 is 1.20 bits per heavy atom. The number of ether oxygens (including phenoxy) is 1. The van der Waals surface area contributed by atoms with Crippen LogP contribution in [0.25, 0.3) is 0 Å². The number of methoxy groups -OCH3 is 1. The first-order valence-electron chi connectivity index (χ1n) is 6.10. The van der Waals surface area contributed by atoms with Crippen molar-refractivity contribution >= 4 is 6.21 Å². The molecule has 0 radical (unpaired) electrons. The molecule has 100 valence electrons. The molecule has 0 saturated heterocycles. The Bertz CT molecular complexity index is 628. The van der Waals surface area contributed by atoms with Crippen LogP contribution in [0.2, 0.25) is 0 Å². The van der Waals surface area contributed by atoms with Crippen LogP contribution >= 0.6 is 0 Å². The van der Waals surface area contributed by atoms with Crippen LogP contribution in [0.4, 0.5) is 0 Å². The first kappa shape index (κ1) is 13.6. The van der Waals surface area contributed by atoms with E-state index in [1.165, 1.54) is 0 Å². The van der Waals surface area contributed by atoms with E-state index in [1.54, 1.807) is 25.5 Å². The van der Waals surface area contributed by atoms with E-state index in [-0.39, 0.29) is 0 Å². The lowest BCUT2D eigenvalue weighted by molar-refractivity contribution is 0.132. The van der Waals surface area contributed by atoms with Gasteiger partial charge in [-0.15, -0.1) is 0 Å². The average Bonchev–Trinajstić information content (AvgIpc) is 2.52. The van der Waals surface area contributed by atoms with Crippen LogP contribution in [-0.4, -0.2) is 13.3 Å². The quantitative estimate of drug-likeness (QED) is 0.617. The van der Waals surface area contributed by atoms with Gasteiger partial charge >= 0.3 is 0 Å². The van der Waals surface area contributed by atoms with E-state index in [9.17, 15) is 0 Å². The van der Waals surface area contributed by atoms with Crippen molar-refractivity contribution in [1.29, 1.82) is 5.26 Å². The molecule has 2 aromatic carbocycles. The largest absolute Gasteiger partial charge is 0.497 e. The fourth-order valence-corrected chi connectivity index (χ4v) is 1.62. The second kappa shape index (κ2) is 6.95. The number of oxime groups is 1. The molecule has 20 heavy (non-hydrogen) atoms. The van der Waals surface area contributed by atoms with Crippen molar-refractivity contribution in [3.05, 3.63) is 65.2 Å². The lowest BCUT2D eigenvalue weighted by Gasteiger charge is -2.03. The highest BCUT2D eigenvalue weighted by atomic mass is 16.6. The molecule has 0 bridgehead atoms. The maximum Gasteiger partial charge on any atom is 0.142 e. The molecule has 2 rings (SSSR count). The zero-order chi connectivity index (χ0) is 14.2. The third kappa shape index (κ3) is 3.85. The van der Waals surface area contributed by atoms with Gasteiger partial charge in [0.2, 0.25) is 0 Å². The zero-order valence-corrected chi connectivity index (χ0v) is 11.1. The molecule has 0 fully saturated rings. The third-order valence-electron chi connectivity index (χ3n) is 2.68. The van der Waals surface area contributed by atoms with Crippen LogP contribution in [-0.2, 0) is 11.4 Å². The first-order chi connectivity index (χ1) is 9.81. The summed E-state index contributed by atoms with van der Waals surface area (Å²) in [7, 11) is 1.63. The van der Waals surface area contributed by atoms with Gasteiger partial charge in [0.25, 0.3) is 0 Å². The summed E-state index contributed by atoms with van der Waals surface area (Å²) in [5, 5.41) is 12.6. The maximum atomic E-state index is 8.69. The van der Waals surface area contributed by atoms with Gasteiger partial charge in [-0.3, -0.25) is 0 Å². The summed E-state index contributed by atoms with van der Waals surface area (Å²) in [6, 6.07) is 16.8. The molecule has 4 nitrogen and oxygen atoms in total. The summed E-state index contributed by atoms with van der Waals surface area (Å²) in [5.74, 6) is 0.794. The highest BCUT2D eigenvalue weighted by molar-refractivity contribution is 5.79. The molecule has 0 saturated carbocycles. The molecule has 0 N–H and O–H groups in total. The van der Waals surface area contributed by atoms with Crippen LogP contribution in [0.15, 0.2) is 53.7 Å². The van der Waals surface area contributed by atoms with Crippen molar-refractivity contribution in [3.63, 3.8) is 0 Å². The molecule has 0 aliphatic heterocycles. The highest BCUT2D eigenvalue weighted by Crippen LogP contribution is 2.13. The number of nitriles is 1. The van der Waals surface area contributed by atoms with E-state index < -0.39 is 0 Å². The van der Waals surface area contributed by atoms with Crippen molar-refractivity contribution in [3.8, 4) is 11.8 Å². The SMILES string of the molecule is COc1cccc(CON=Cc2ccc(C#N)cc2)c1. The van der Waals surface area contributed by atoms with Crippen molar-refractivity contribution in [2.75, 3.05) is 7.11 Å². The number of hydrogen-bond donors (Lipinski definition) is 0. The second-order valence-corrected chi connectivity index (χ2v) is 4.09. The van der Waals surface area contributed by atoms with Crippen molar-refractivity contribution < 1.29 is 9.57 Å². The highest BCUT2D eigenvalue weighted by Gasteiger charge is 1.95. The van der Waals surface area contributed by atoms with Crippen LogP contribution < -0.4 is 4.74 Å². The van der Waals surface area contributed by atoms with Gasteiger partial charge in [-0.05, 0) is 35.4 Å². The average molecular weight is 266 g/mol. The molecule has 0 aliphatic rings. The molecular weight excluding hydrogens is 252 g/mol. The Hall–Kier alpha value is -2.80. The summed E-state index contributed by atoms with van der Waals surface area (Å²) >= 11 is 0. The molecule has 2 aromatic rings. The minimum Gasteiger partial charge on any atom is -0.497 e. The molecular formula is C16H14N2O2. The predicted octanol–water partition coefficient (Wildman–Crippen LogP) is 3.12. The Kier molecular flexibility index (Phi) is 4.74. The molecule has 0 heterocycles. The Balaban J connectivity index is 1.88. The van der Waals surface area contributed by atoms with Gasteiger partial charge in [-0.2, -0.15) is 5.26 Å². The Morgan fingerprint density at radius 2 is 2.00 bits per heavy atom. The first-order valence-corrected chi connectivity index (χ1v) is 6.10. The van der Waals surface area contributed by atoms with Gasteiger partial charge in [0.05, 0.1) is 25.0 Å². The third-order valence-corrected chi connectivity index (χ3v) is 2.68. The molecule has 0 unspecified atom stereocenters. The Labute approximate surface area is 117 Å². The van der Waals surface area contributed by atoms with Crippen LogP contribution in [0.5, 0.6) is 5.75 Å². The van der Waals surface area contributed by atoms with E-state index in [1.807, 2.05) is 36.4 Å². The van der Waals surface area contributed by atoms with Gasteiger partial charge in [0, 0.05) is 0 Å². The number of benzene rings is 2. The van der Waals surface area contributed by atoms with Crippen LogP contribution in [0, 0.1) is 11.3 Å². The standard InChI is InChI=1S/C16H14N2O2/c1-19-16-4-2-3-15(9-16)12-20-18-11-14-7-5-13(10-17)6-8-14/h2-9,11H,12H2,1H3. The second-order valence-electron chi connectivity index (χ2n) is 4.09. The normalized spacial score (nSPS) is 10.2. The summed E-state index contributed by atoms with van der Waals surface area (Å²) < 4.78 is 5.13. The van der Waals surface area contributed by atoms with E-state index in [2.05, 4.69) is 11.2 Å². The molecule has 0 atom stereocenters. The summed E-state index contributed by atoms with van der Waals surface area (Å²) in [5.41, 5.74) is 2.50. The van der Waals surface area contributed by atoms with Crippen molar-refractivity contribution in [2.24, 2.45) is 5.16 Å². The summed E-state index contributed by atoms with van der Waals surface area (Å²) in [6.07, 6.45) is 1.61. The number of nitrogens with zero attached hydrogens (tertiary/aromatic N) is 2. The Morgan fingerprint density at radius 3 is 2.70 bits per heavy atom.